The monoisotopic (exact) mass is 479 g/mol. The van der Waals surface area contributed by atoms with Crippen molar-refractivity contribution in [2.24, 2.45) is 0 Å². The van der Waals surface area contributed by atoms with Crippen LogP contribution in [0.25, 0.3) is 11.2 Å². The number of nitrogens with one attached hydrogen (secondary N) is 1. The van der Waals surface area contributed by atoms with Gasteiger partial charge in [-0.15, -0.1) is 0 Å². The zero-order valence-corrected chi connectivity index (χ0v) is 17.8. The maximum absolute atomic E-state index is 10.9. The second kappa shape index (κ2) is 8.85. The molecular weight excluding hydrogens is 457 g/mol. The molecule has 3 heterocycles. The van der Waals surface area contributed by atoms with Gasteiger partial charge in [0.25, 0.3) is 0 Å². The lowest BCUT2D eigenvalue weighted by molar-refractivity contribution is -0.0612. The number of hydrogen-bond acceptors (Lipinski definition) is 10. The molecule has 1 saturated carbocycles. The van der Waals surface area contributed by atoms with Crippen LogP contribution >= 0.6 is 19.2 Å². The zero-order valence-electron chi connectivity index (χ0n) is 16.2. The minimum atomic E-state index is -4.37. The maximum atomic E-state index is 10.9. The van der Waals surface area contributed by atoms with Crippen LogP contribution < -0.4 is 5.32 Å². The number of anilines is 1. The third-order valence-electron chi connectivity index (χ3n) is 5.29. The molecule has 6 atom stereocenters. The van der Waals surface area contributed by atoms with E-state index in [0.717, 1.165) is 6.42 Å². The van der Waals surface area contributed by atoms with Gasteiger partial charge in [0.2, 0.25) is 5.28 Å². The van der Waals surface area contributed by atoms with Crippen molar-refractivity contribution in [2.45, 2.75) is 55.9 Å². The SMILES string of the molecule is O=P(O)(O)COC[C@H]1O[C@@H](n2cnc3c(N[C@H]4CC[C@@H](O)C4)nc(Cl)nc32)[C@H](O)[C@@H]1O. The van der Waals surface area contributed by atoms with Gasteiger partial charge in [-0.25, -0.2) is 4.98 Å². The average molecular weight is 480 g/mol. The van der Waals surface area contributed by atoms with Gasteiger partial charge in [-0.1, -0.05) is 0 Å². The first-order valence-electron chi connectivity index (χ1n) is 9.61. The summed E-state index contributed by atoms with van der Waals surface area (Å²) in [7, 11) is -4.37. The lowest BCUT2D eigenvalue weighted by Crippen LogP contribution is -2.33. The number of hydrogen-bond donors (Lipinski definition) is 6. The van der Waals surface area contributed by atoms with Crippen LogP contribution in [0, 0.1) is 0 Å². The molecule has 4 rings (SSSR count). The lowest BCUT2D eigenvalue weighted by atomic mass is 10.1. The van der Waals surface area contributed by atoms with Crippen molar-refractivity contribution in [1.82, 2.24) is 19.5 Å². The van der Waals surface area contributed by atoms with E-state index < -0.39 is 38.5 Å². The Morgan fingerprint density at radius 2 is 2.03 bits per heavy atom. The van der Waals surface area contributed by atoms with Gasteiger partial charge in [-0.3, -0.25) is 9.13 Å². The summed E-state index contributed by atoms with van der Waals surface area (Å²) >= 11 is 6.08. The molecule has 2 aliphatic rings. The minimum absolute atomic E-state index is 0.0000119. The Morgan fingerprint density at radius 1 is 1.26 bits per heavy atom. The first-order valence-corrected chi connectivity index (χ1v) is 11.8. The Morgan fingerprint density at radius 3 is 2.71 bits per heavy atom. The van der Waals surface area contributed by atoms with E-state index in [2.05, 4.69) is 20.3 Å². The number of nitrogens with zero attached hydrogens (tertiary/aromatic N) is 4. The summed E-state index contributed by atoms with van der Waals surface area (Å²) in [6.07, 6.45) is -2.70. The van der Waals surface area contributed by atoms with Crippen molar-refractivity contribution >= 4 is 36.2 Å². The number of aliphatic hydroxyl groups excluding tert-OH is 3. The van der Waals surface area contributed by atoms with Crippen LogP contribution in [0.15, 0.2) is 6.33 Å². The van der Waals surface area contributed by atoms with Crippen LogP contribution in [0.4, 0.5) is 5.82 Å². The van der Waals surface area contributed by atoms with Crippen molar-refractivity contribution < 1.29 is 39.1 Å². The zero-order chi connectivity index (χ0) is 22.3. The van der Waals surface area contributed by atoms with Crippen LogP contribution in [0.3, 0.4) is 0 Å². The van der Waals surface area contributed by atoms with E-state index in [0.29, 0.717) is 24.2 Å². The summed E-state index contributed by atoms with van der Waals surface area (Å²) in [6, 6.07) is 0.0000119. The highest BCUT2D eigenvalue weighted by atomic mass is 35.5. The molecule has 1 aliphatic carbocycles. The Kier molecular flexibility index (Phi) is 6.50. The lowest BCUT2D eigenvalue weighted by Gasteiger charge is -2.17. The summed E-state index contributed by atoms with van der Waals surface area (Å²) in [6.45, 7) is -0.334. The van der Waals surface area contributed by atoms with E-state index in [1.54, 1.807) is 0 Å². The van der Waals surface area contributed by atoms with Crippen LogP contribution in [0.5, 0.6) is 0 Å². The molecule has 0 unspecified atom stereocenters. The number of rotatable bonds is 7. The number of aliphatic hydroxyl groups is 3. The molecule has 1 saturated heterocycles. The van der Waals surface area contributed by atoms with Crippen LogP contribution in [-0.2, 0) is 14.0 Å². The molecule has 2 aromatic rings. The fraction of sp³-hybridized carbons (Fsp3) is 0.688. The molecule has 13 nitrogen and oxygen atoms in total. The maximum Gasteiger partial charge on any atom is 0.350 e. The molecule has 0 bridgehead atoms. The van der Waals surface area contributed by atoms with Crippen molar-refractivity contribution in [3.63, 3.8) is 0 Å². The first-order chi connectivity index (χ1) is 14.6. The predicted octanol–water partition coefficient (Wildman–Crippen LogP) is -0.424. The molecule has 0 aromatic carbocycles. The van der Waals surface area contributed by atoms with Gasteiger partial charge in [-0.05, 0) is 30.9 Å². The summed E-state index contributed by atoms with van der Waals surface area (Å²) in [5.41, 5.74) is 0.631. The van der Waals surface area contributed by atoms with Crippen LogP contribution in [-0.4, -0.2) is 88.0 Å². The van der Waals surface area contributed by atoms with Crippen molar-refractivity contribution in [1.29, 1.82) is 0 Å². The fourth-order valence-electron chi connectivity index (χ4n) is 3.84. The van der Waals surface area contributed by atoms with E-state index in [4.69, 9.17) is 30.9 Å². The van der Waals surface area contributed by atoms with Gasteiger partial charge in [0.1, 0.15) is 24.7 Å². The van der Waals surface area contributed by atoms with Crippen LogP contribution in [0.2, 0.25) is 5.28 Å². The third-order valence-corrected chi connectivity index (χ3v) is 5.98. The fourth-order valence-corrected chi connectivity index (χ4v) is 4.35. The minimum Gasteiger partial charge on any atom is -0.393 e. The number of aromatic nitrogens is 4. The molecule has 1 aliphatic heterocycles. The van der Waals surface area contributed by atoms with E-state index in [9.17, 15) is 19.9 Å². The van der Waals surface area contributed by atoms with Gasteiger partial charge < -0.3 is 39.9 Å². The van der Waals surface area contributed by atoms with Gasteiger partial charge in [0.05, 0.1) is 19.0 Å². The van der Waals surface area contributed by atoms with Crippen molar-refractivity contribution in [3.05, 3.63) is 11.6 Å². The largest absolute Gasteiger partial charge is 0.393 e. The Hall–Kier alpha value is -1.41. The quantitative estimate of drug-likeness (QED) is 0.222. The van der Waals surface area contributed by atoms with E-state index in [1.165, 1.54) is 10.9 Å². The topological polar surface area (TPSA) is 192 Å². The summed E-state index contributed by atoms with van der Waals surface area (Å²) < 4.78 is 22.9. The second-order valence-corrected chi connectivity index (χ2v) is 9.61. The van der Waals surface area contributed by atoms with Gasteiger partial charge in [0.15, 0.2) is 23.2 Å². The van der Waals surface area contributed by atoms with Crippen LogP contribution in [0.1, 0.15) is 25.5 Å². The highest BCUT2D eigenvalue weighted by molar-refractivity contribution is 7.51. The predicted molar refractivity (Wildman–Crippen MR) is 106 cm³/mol. The van der Waals surface area contributed by atoms with Crippen molar-refractivity contribution in [3.8, 4) is 0 Å². The molecule has 6 N–H and O–H groups in total. The molecule has 0 amide bonds. The molecule has 0 spiro atoms. The van der Waals surface area contributed by atoms with E-state index >= 15 is 0 Å². The van der Waals surface area contributed by atoms with E-state index in [-0.39, 0.29) is 29.7 Å². The molecule has 2 aromatic heterocycles. The number of ether oxygens (including phenoxy) is 2. The Labute approximate surface area is 181 Å². The second-order valence-electron chi connectivity index (χ2n) is 7.68. The van der Waals surface area contributed by atoms with Gasteiger partial charge in [-0.2, -0.15) is 9.97 Å². The number of halogens is 1. The van der Waals surface area contributed by atoms with E-state index in [1.807, 2.05) is 0 Å². The van der Waals surface area contributed by atoms with Gasteiger partial charge in [0, 0.05) is 6.04 Å². The molecule has 2 fully saturated rings. The molecule has 172 valence electrons. The number of fused-ring (bicyclic) bond motifs is 1. The molecule has 0 radical (unpaired) electrons. The standard InChI is InChI=1S/C16H23ClN5O8P/c17-16-20-13(19-7-1-2-8(23)3-7)10-14(21-16)22(5-18-10)15-12(25)11(24)9(30-15)4-29-6-31(26,27)28/h5,7-9,11-12,15,23-25H,1-4,6H2,(H,19,20,21)(H2,26,27,28)/t7-,8+,9+,11+,12+,15+/m0/s1. The highest BCUT2D eigenvalue weighted by Crippen LogP contribution is 2.36. The highest BCUT2D eigenvalue weighted by Gasteiger charge is 2.44. The Bertz CT molecular complexity index is 988. The average Bonchev–Trinajstić information content (AvgIpc) is 3.35. The Balaban J connectivity index is 1.54. The number of imidazole rings is 1. The van der Waals surface area contributed by atoms with Crippen molar-refractivity contribution in [2.75, 3.05) is 18.3 Å². The molecule has 15 heteroatoms. The summed E-state index contributed by atoms with van der Waals surface area (Å²) in [5, 5.41) is 33.6. The van der Waals surface area contributed by atoms with Gasteiger partial charge >= 0.3 is 7.60 Å². The normalized spacial score (nSPS) is 31.5. The summed E-state index contributed by atoms with van der Waals surface area (Å²) in [5.74, 6) is 0.377. The smallest absolute Gasteiger partial charge is 0.350 e. The third kappa shape index (κ3) is 5.00. The summed E-state index contributed by atoms with van der Waals surface area (Å²) in [4.78, 5) is 30.4. The molecular formula is C16H23ClN5O8P. The first kappa shape index (κ1) is 22.8. The molecule has 31 heavy (non-hydrogen) atoms.